The minimum atomic E-state index is -0.206. The van der Waals surface area contributed by atoms with Gasteiger partial charge in [-0.25, -0.2) is 0 Å². The van der Waals surface area contributed by atoms with Crippen LogP contribution in [0.3, 0.4) is 0 Å². The maximum atomic E-state index is 12.8. The first-order valence-corrected chi connectivity index (χ1v) is 13.1. The zero-order valence-electron chi connectivity index (χ0n) is 17.3. The number of hydrogen-bond acceptors (Lipinski definition) is 10. The molecule has 0 saturated carbocycles. The molecule has 0 amide bonds. The number of carbonyl (C=O) groups excluding carboxylic acids is 1. The molecule has 1 aromatic heterocycles. The van der Waals surface area contributed by atoms with Gasteiger partial charge in [0.15, 0.2) is 14.5 Å². The lowest BCUT2D eigenvalue weighted by Crippen LogP contribution is -2.16. The molecule has 0 fully saturated rings. The van der Waals surface area contributed by atoms with Gasteiger partial charge in [0.2, 0.25) is 0 Å². The second-order valence-electron chi connectivity index (χ2n) is 6.60. The number of thioether (sulfide) groups is 3. The Bertz CT molecular complexity index is 1200. The third-order valence-electron chi connectivity index (χ3n) is 4.58. The van der Waals surface area contributed by atoms with Crippen molar-refractivity contribution < 1.29 is 9.53 Å². The van der Waals surface area contributed by atoms with Crippen LogP contribution in [-0.2, 0) is 10.5 Å². The van der Waals surface area contributed by atoms with Gasteiger partial charge in [0, 0.05) is 17.7 Å². The third kappa shape index (κ3) is 5.13. The van der Waals surface area contributed by atoms with Gasteiger partial charge < -0.3 is 9.64 Å². The highest BCUT2D eigenvalue weighted by Gasteiger charge is 2.27. The minimum absolute atomic E-state index is 0.148. The predicted octanol–water partition coefficient (Wildman–Crippen LogP) is 5.48. The Morgan fingerprint density at radius 1 is 1.12 bits per heavy atom. The summed E-state index contributed by atoms with van der Waals surface area (Å²) in [5.74, 6) is 1.55. The second-order valence-corrected chi connectivity index (χ2v) is 11.1. The molecule has 6 nitrogen and oxygen atoms in total. The van der Waals surface area contributed by atoms with Gasteiger partial charge in [-0.3, -0.25) is 4.79 Å². The van der Waals surface area contributed by atoms with Gasteiger partial charge in [-0.05, 0) is 29.8 Å². The first-order chi connectivity index (χ1) is 15.6. The SMILES string of the molecule is COc1ccc(CSc2nnc(SCC(=O)C(C#N)=C3Sc4ccccc4N3C)s2)cc1. The summed E-state index contributed by atoms with van der Waals surface area (Å²) in [5, 5.41) is 18.7. The highest BCUT2D eigenvalue weighted by molar-refractivity contribution is 8.04. The number of aromatic nitrogens is 2. The van der Waals surface area contributed by atoms with Crippen molar-refractivity contribution in [1.29, 1.82) is 5.26 Å². The quantitative estimate of drug-likeness (QED) is 0.228. The maximum Gasteiger partial charge on any atom is 0.186 e. The van der Waals surface area contributed by atoms with Crippen molar-refractivity contribution in [2.75, 3.05) is 24.8 Å². The molecule has 0 bridgehead atoms. The van der Waals surface area contributed by atoms with E-state index in [0.29, 0.717) is 9.37 Å². The second kappa shape index (κ2) is 10.4. The molecule has 2 aromatic carbocycles. The number of para-hydroxylation sites is 1. The summed E-state index contributed by atoms with van der Waals surface area (Å²) in [6, 6.07) is 17.9. The van der Waals surface area contributed by atoms with Crippen LogP contribution in [0.1, 0.15) is 5.56 Å². The highest BCUT2D eigenvalue weighted by atomic mass is 32.2. The number of carbonyl (C=O) groups is 1. The molecule has 1 aliphatic rings. The molecule has 10 heteroatoms. The Balaban J connectivity index is 1.35. The number of hydrogen-bond donors (Lipinski definition) is 0. The smallest absolute Gasteiger partial charge is 0.186 e. The van der Waals surface area contributed by atoms with Gasteiger partial charge >= 0.3 is 0 Å². The van der Waals surface area contributed by atoms with Crippen LogP contribution in [0.15, 0.2) is 72.7 Å². The van der Waals surface area contributed by atoms with E-state index in [-0.39, 0.29) is 17.1 Å². The van der Waals surface area contributed by atoms with Crippen LogP contribution in [0.5, 0.6) is 5.75 Å². The lowest BCUT2D eigenvalue weighted by Gasteiger charge is -2.14. The molecule has 162 valence electrons. The van der Waals surface area contributed by atoms with Crippen molar-refractivity contribution in [3.8, 4) is 11.8 Å². The molecular formula is C22H18N4O2S4. The fourth-order valence-corrected chi connectivity index (χ4v) is 6.94. The number of benzene rings is 2. The van der Waals surface area contributed by atoms with Gasteiger partial charge in [0.05, 0.1) is 18.6 Å². The largest absolute Gasteiger partial charge is 0.497 e. The number of fused-ring (bicyclic) bond motifs is 1. The summed E-state index contributed by atoms with van der Waals surface area (Å²) in [5.41, 5.74) is 2.35. The minimum Gasteiger partial charge on any atom is -0.497 e. The molecule has 1 aliphatic heterocycles. The first-order valence-electron chi connectivity index (χ1n) is 9.49. The average Bonchev–Trinajstić information content (AvgIpc) is 3.42. The summed E-state index contributed by atoms with van der Waals surface area (Å²) in [6.07, 6.45) is 0. The zero-order valence-corrected chi connectivity index (χ0v) is 20.5. The number of anilines is 1. The van der Waals surface area contributed by atoms with E-state index in [4.69, 9.17) is 4.74 Å². The Labute approximate surface area is 203 Å². The molecule has 0 radical (unpaired) electrons. The predicted molar refractivity (Wildman–Crippen MR) is 132 cm³/mol. The molecular weight excluding hydrogens is 481 g/mol. The normalized spacial score (nSPS) is 14.1. The number of Topliss-reactive ketones (excluding diaryl/α,β-unsaturated/α-hetero) is 1. The van der Waals surface area contributed by atoms with Crippen LogP contribution in [0.4, 0.5) is 5.69 Å². The van der Waals surface area contributed by atoms with E-state index in [2.05, 4.69) is 16.3 Å². The van der Waals surface area contributed by atoms with Crippen LogP contribution in [-0.4, -0.2) is 35.9 Å². The van der Waals surface area contributed by atoms with E-state index < -0.39 is 0 Å². The van der Waals surface area contributed by atoms with Crippen molar-refractivity contribution in [3.05, 3.63) is 64.7 Å². The van der Waals surface area contributed by atoms with E-state index in [1.165, 1.54) is 40.4 Å². The molecule has 2 heterocycles. The number of rotatable bonds is 8. The molecule has 0 atom stereocenters. The average molecular weight is 499 g/mol. The van der Waals surface area contributed by atoms with E-state index in [1.807, 2.05) is 60.5 Å². The van der Waals surface area contributed by atoms with E-state index >= 15 is 0 Å². The number of nitrogens with zero attached hydrogens (tertiary/aromatic N) is 4. The standard InChI is InChI=1S/C22H18N4O2S4/c1-26-17-5-3-4-6-19(17)31-20(26)16(11-23)18(27)13-30-22-25-24-21(32-22)29-12-14-7-9-15(28-2)10-8-14/h3-10H,12-13H2,1-2H3. The fourth-order valence-electron chi connectivity index (χ4n) is 2.93. The third-order valence-corrected chi connectivity index (χ3v) is 9.08. The van der Waals surface area contributed by atoms with Crippen molar-refractivity contribution in [1.82, 2.24) is 10.2 Å². The molecule has 0 saturated heterocycles. The molecule has 0 spiro atoms. The summed E-state index contributed by atoms with van der Waals surface area (Å²) in [4.78, 5) is 15.7. The van der Waals surface area contributed by atoms with Gasteiger partial charge in [-0.2, -0.15) is 5.26 Å². The van der Waals surface area contributed by atoms with Crippen LogP contribution >= 0.6 is 46.6 Å². The summed E-state index contributed by atoms with van der Waals surface area (Å²) in [7, 11) is 3.53. The van der Waals surface area contributed by atoms with Crippen LogP contribution in [0.25, 0.3) is 0 Å². The monoisotopic (exact) mass is 498 g/mol. The number of ketones is 1. The lowest BCUT2D eigenvalue weighted by atomic mass is 10.2. The first kappa shape index (κ1) is 22.7. The molecule has 0 N–H and O–H groups in total. The lowest BCUT2D eigenvalue weighted by molar-refractivity contribution is -0.112. The van der Waals surface area contributed by atoms with E-state index in [9.17, 15) is 10.1 Å². The Morgan fingerprint density at radius 3 is 2.53 bits per heavy atom. The maximum absolute atomic E-state index is 12.8. The molecule has 4 rings (SSSR count). The Morgan fingerprint density at radius 2 is 1.84 bits per heavy atom. The summed E-state index contributed by atoms with van der Waals surface area (Å²) >= 11 is 5.83. The van der Waals surface area contributed by atoms with Gasteiger partial charge in [0.1, 0.15) is 22.4 Å². The van der Waals surface area contributed by atoms with Gasteiger partial charge in [-0.15, -0.1) is 10.2 Å². The van der Waals surface area contributed by atoms with Crippen molar-refractivity contribution in [2.24, 2.45) is 0 Å². The zero-order chi connectivity index (χ0) is 22.5. The topological polar surface area (TPSA) is 79.1 Å². The van der Waals surface area contributed by atoms with E-state index in [1.54, 1.807) is 18.9 Å². The molecule has 3 aromatic rings. The Kier molecular flexibility index (Phi) is 7.42. The van der Waals surface area contributed by atoms with Crippen LogP contribution < -0.4 is 9.64 Å². The molecule has 0 aliphatic carbocycles. The van der Waals surface area contributed by atoms with Gasteiger partial charge in [-0.1, -0.05) is 70.9 Å². The highest BCUT2D eigenvalue weighted by Crippen LogP contribution is 2.46. The number of nitriles is 1. The van der Waals surface area contributed by atoms with Crippen molar-refractivity contribution >= 4 is 58.1 Å². The fraction of sp³-hybridized carbons (Fsp3) is 0.182. The van der Waals surface area contributed by atoms with Gasteiger partial charge in [0.25, 0.3) is 0 Å². The Hall–Kier alpha value is -2.45. The molecule has 0 unspecified atom stereocenters. The van der Waals surface area contributed by atoms with Crippen LogP contribution in [0.2, 0.25) is 0 Å². The summed E-state index contributed by atoms with van der Waals surface area (Å²) < 4.78 is 6.74. The van der Waals surface area contributed by atoms with E-state index in [0.717, 1.165) is 26.4 Å². The number of ether oxygens (including phenoxy) is 1. The summed E-state index contributed by atoms with van der Waals surface area (Å²) in [6.45, 7) is 0. The number of allylic oxidation sites excluding steroid dienone is 1. The number of methoxy groups -OCH3 is 1. The van der Waals surface area contributed by atoms with Crippen molar-refractivity contribution in [2.45, 2.75) is 19.3 Å². The van der Waals surface area contributed by atoms with Crippen molar-refractivity contribution in [3.63, 3.8) is 0 Å². The molecule has 32 heavy (non-hydrogen) atoms. The van der Waals surface area contributed by atoms with Crippen LogP contribution in [0, 0.1) is 11.3 Å².